The molecule has 0 radical (unpaired) electrons. The number of ketones is 1. The van der Waals surface area contributed by atoms with Gasteiger partial charge in [-0.05, 0) is 43.2 Å². The van der Waals surface area contributed by atoms with Crippen molar-refractivity contribution in [2.75, 3.05) is 20.3 Å². The van der Waals surface area contributed by atoms with Crippen LogP contribution in [0.1, 0.15) is 48.8 Å². The molecule has 2 aromatic carbocycles. The van der Waals surface area contributed by atoms with E-state index in [1.807, 2.05) is 6.92 Å². The van der Waals surface area contributed by atoms with Gasteiger partial charge in [0.2, 0.25) is 5.78 Å². The van der Waals surface area contributed by atoms with Crippen molar-refractivity contribution in [3.63, 3.8) is 0 Å². The number of fused-ring (bicyclic) bond motifs is 1. The number of carbonyl (C=O) groups is 2. The van der Waals surface area contributed by atoms with Crippen LogP contribution in [-0.4, -0.2) is 47.1 Å². The van der Waals surface area contributed by atoms with Gasteiger partial charge in [0.15, 0.2) is 34.4 Å². The molecule has 1 amide bonds. The minimum Gasteiger partial charge on any atom is -0.504 e. The molecule has 9 heteroatoms. The molecule has 0 spiro atoms. The van der Waals surface area contributed by atoms with Gasteiger partial charge in [0, 0.05) is 23.0 Å². The molecule has 8 nitrogen and oxygen atoms in total. The summed E-state index contributed by atoms with van der Waals surface area (Å²) < 4.78 is 16.6. The van der Waals surface area contributed by atoms with Crippen LogP contribution in [0, 0.1) is 0 Å². The van der Waals surface area contributed by atoms with Gasteiger partial charge < -0.3 is 29.0 Å². The minimum absolute atomic E-state index is 0.0673. The number of methoxy groups -OCH3 is 1. The molecule has 0 saturated carbocycles. The van der Waals surface area contributed by atoms with Gasteiger partial charge in [-0.2, -0.15) is 0 Å². The number of aliphatic hydroxyl groups excluding tert-OH is 1. The zero-order valence-corrected chi connectivity index (χ0v) is 20.4. The van der Waals surface area contributed by atoms with E-state index in [1.165, 1.54) is 24.1 Å². The number of phenolic OH excluding ortho intramolecular Hbond substituents is 1. The van der Waals surface area contributed by atoms with Crippen LogP contribution in [0.15, 0.2) is 52.1 Å². The van der Waals surface area contributed by atoms with Gasteiger partial charge in [-0.25, -0.2) is 0 Å². The van der Waals surface area contributed by atoms with E-state index < -0.39 is 23.5 Å². The molecule has 4 rings (SSSR count). The Bertz CT molecular complexity index is 1330. The maximum absolute atomic E-state index is 13.7. The van der Waals surface area contributed by atoms with Gasteiger partial charge in [-0.15, -0.1) is 0 Å². The number of unbranched alkanes of at least 4 members (excludes halogenated alkanes) is 1. The number of aliphatic hydroxyl groups is 1. The van der Waals surface area contributed by atoms with E-state index in [9.17, 15) is 19.8 Å². The van der Waals surface area contributed by atoms with Gasteiger partial charge in [0.1, 0.15) is 0 Å². The lowest BCUT2D eigenvalue weighted by Crippen LogP contribution is -2.32. The number of furan rings is 1. The Morgan fingerprint density at radius 3 is 2.60 bits per heavy atom. The first-order valence-corrected chi connectivity index (χ1v) is 11.7. The fraction of sp³-hybridized carbons (Fsp3) is 0.308. The summed E-state index contributed by atoms with van der Waals surface area (Å²) >= 11 is 6.15. The molecule has 0 bridgehead atoms. The smallest absolute Gasteiger partial charge is 0.290 e. The monoisotopic (exact) mass is 499 g/mol. The topological polar surface area (TPSA) is 109 Å². The highest BCUT2D eigenvalue weighted by Crippen LogP contribution is 2.42. The average molecular weight is 500 g/mol. The van der Waals surface area contributed by atoms with Crippen molar-refractivity contribution in [3.8, 4) is 17.2 Å². The third kappa shape index (κ3) is 4.41. The molecule has 2 N–H and O–H groups in total. The fourth-order valence-corrected chi connectivity index (χ4v) is 4.46. The van der Waals surface area contributed by atoms with Crippen LogP contribution in [-0.2, 0) is 4.79 Å². The summed E-state index contributed by atoms with van der Waals surface area (Å²) in [6, 6.07) is 8.43. The molecule has 0 saturated heterocycles. The zero-order valence-electron chi connectivity index (χ0n) is 19.6. The Labute approximate surface area is 207 Å². The van der Waals surface area contributed by atoms with E-state index in [1.54, 1.807) is 31.2 Å². The third-order valence-corrected chi connectivity index (χ3v) is 6.11. The van der Waals surface area contributed by atoms with Crippen molar-refractivity contribution in [1.29, 1.82) is 0 Å². The van der Waals surface area contributed by atoms with E-state index in [2.05, 4.69) is 0 Å². The highest BCUT2D eigenvalue weighted by Gasteiger charge is 2.44. The van der Waals surface area contributed by atoms with Crippen molar-refractivity contribution in [2.24, 2.45) is 0 Å². The molecule has 0 aliphatic carbocycles. The first-order chi connectivity index (χ1) is 16.8. The second-order valence-electron chi connectivity index (χ2n) is 8.14. The number of aromatic hydroxyl groups is 1. The number of Topliss-reactive ketones (excluding diaryl/α,β-unsaturated/α-hetero) is 1. The third-order valence-electron chi connectivity index (χ3n) is 5.89. The molecule has 1 aliphatic heterocycles. The van der Waals surface area contributed by atoms with Crippen LogP contribution in [0.2, 0.25) is 5.02 Å². The molecular formula is C26H26ClNO7. The zero-order chi connectivity index (χ0) is 25.3. The van der Waals surface area contributed by atoms with E-state index in [4.69, 9.17) is 25.5 Å². The van der Waals surface area contributed by atoms with Crippen LogP contribution < -0.4 is 9.47 Å². The predicted molar refractivity (Wildman–Crippen MR) is 130 cm³/mol. The summed E-state index contributed by atoms with van der Waals surface area (Å²) in [4.78, 5) is 28.2. The quantitative estimate of drug-likeness (QED) is 0.370. The van der Waals surface area contributed by atoms with Crippen LogP contribution in [0.25, 0.3) is 11.0 Å². The number of rotatable bonds is 9. The van der Waals surface area contributed by atoms with Gasteiger partial charge in [0.25, 0.3) is 5.91 Å². The number of amides is 1. The SMILES string of the molecule is CCCCN1C(=O)C(O)=C(C(=O)c2cc3cc(Cl)cc(OC)c3o2)C1c1ccc(O)c(OCC)c1. The molecule has 1 aliphatic rings. The lowest BCUT2D eigenvalue weighted by Gasteiger charge is -2.27. The van der Waals surface area contributed by atoms with Crippen LogP contribution >= 0.6 is 11.6 Å². The number of ether oxygens (including phenoxy) is 2. The lowest BCUT2D eigenvalue weighted by atomic mass is 9.94. The Morgan fingerprint density at radius 1 is 1.14 bits per heavy atom. The summed E-state index contributed by atoms with van der Waals surface area (Å²) in [5.41, 5.74) is 0.732. The number of hydrogen-bond acceptors (Lipinski definition) is 7. The lowest BCUT2D eigenvalue weighted by molar-refractivity contribution is -0.129. The first-order valence-electron chi connectivity index (χ1n) is 11.3. The van der Waals surface area contributed by atoms with Gasteiger partial charge in [0.05, 0.1) is 25.3 Å². The molecule has 1 unspecified atom stereocenters. The largest absolute Gasteiger partial charge is 0.504 e. The van der Waals surface area contributed by atoms with E-state index in [0.717, 1.165) is 6.42 Å². The van der Waals surface area contributed by atoms with Gasteiger partial charge in [-0.1, -0.05) is 31.0 Å². The van der Waals surface area contributed by atoms with Gasteiger partial charge >= 0.3 is 0 Å². The summed E-state index contributed by atoms with van der Waals surface area (Å²) in [6.45, 7) is 4.41. The second-order valence-corrected chi connectivity index (χ2v) is 8.58. The molecule has 3 aromatic rings. The second kappa shape index (κ2) is 9.92. The summed E-state index contributed by atoms with van der Waals surface area (Å²) in [7, 11) is 1.46. The highest BCUT2D eigenvalue weighted by atomic mass is 35.5. The molecular weight excluding hydrogens is 474 g/mol. The maximum Gasteiger partial charge on any atom is 0.290 e. The Balaban J connectivity index is 1.83. The maximum atomic E-state index is 13.7. The van der Waals surface area contributed by atoms with Crippen molar-refractivity contribution < 1.29 is 33.7 Å². The predicted octanol–water partition coefficient (Wildman–Crippen LogP) is 5.58. The molecule has 0 fully saturated rings. The number of halogens is 1. The van der Waals surface area contributed by atoms with Crippen LogP contribution in [0.4, 0.5) is 0 Å². The van der Waals surface area contributed by atoms with Gasteiger partial charge in [-0.3, -0.25) is 9.59 Å². The number of nitrogens with zero attached hydrogens (tertiary/aromatic N) is 1. The number of hydrogen-bond donors (Lipinski definition) is 2. The first kappa shape index (κ1) is 24.5. The van der Waals surface area contributed by atoms with Crippen molar-refractivity contribution >= 4 is 34.3 Å². The minimum atomic E-state index is -0.889. The molecule has 35 heavy (non-hydrogen) atoms. The summed E-state index contributed by atoms with van der Waals surface area (Å²) in [5.74, 6) is -1.48. The van der Waals surface area contributed by atoms with Crippen molar-refractivity contribution in [2.45, 2.75) is 32.7 Å². The Morgan fingerprint density at radius 2 is 1.91 bits per heavy atom. The van der Waals surface area contributed by atoms with Crippen LogP contribution in [0.3, 0.4) is 0 Å². The molecule has 1 aromatic heterocycles. The number of phenols is 1. The van der Waals surface area contributed by atoms with Crippen LogP contribution in [0.5, 0.6) is 17.2 Å². The van der Waals surface area contributed by atoms with Crippen molar-refractivity contribution in [1.82, 2.24) is 4.90 Å². The number of benzene rings is 2. The molecule has 2 heterocycles. The fourth-order valence-electron chi connectivity index (χ4n) is 4.25. The molecule has 1 atom stereocenters. The summed E-state index contributed by atoms with van der Waals surface area (Å²) in [5, 5.41) is 21.9. The highest BCUT2D eigenvalue weighted by molar-refractivity contribution is 6.31. The van der Waals surface area contributed by atoms with E-state index >= 15 is 0 Å². The standard InChI is InChI=1S/C26H26ClNO7/c1-4-6-9-28-22(14-7-8-17(29)18(11-14)34-5-2)21(24(31)26(28)32)23(30)19-12-15-10-16(27)13-20(33-3)25(15)35-19/h7-8,10-13,22,29,31H,4-6,9H2,1-3H3. The van der Waals surface area contributed by atoms with E-state index in [0.29, 0.717) is 46.9 Å². The van der Waals surface area contributed by atoms with Crippen molar-refractivity contribution in [3.05, 3.63) is 64.1 Å². The Hall–Kier alpha value is -3.65. The van der Waals surface area contributed by atoms with E-state index in [-0.39, 0.29) is 22.8 Å². The average Bonchev–Trinajstić information content (AvgIpc) is 3.37. The normalized spacial score (nSPS) is 15.8. The summed E-state index contributed by atoms with van der Waals surface area (Å²) in [6.07, 6.45) is 1.48. The Kier molecular flexibility index (Phi) is 6.93. The molecule has 184 valence electrons. The number of carbonyl (C=O) groups excluding carboxylic acids is 2.